The van der Waals surface area contributed by atoms with Crippen molar-refractivity contribution in [3.8, 4) is 0 Å². The maximum atomic E-state index is 12.5. The third kappa shape index (κ3) is 2.96. The topological polar surface area (TPSA) is 89.5 Å². The molecule has 108 valence electrons. The van der Waals surface area contributed by atoms with Crippen molar-refractivity contribution in [1.29, 1.82) is 0 Å². The van der Waals surface area contributed by atoms with Gasteiger partial charge in [0.05, 0.1) is 4.92 Å². The van der Waals surface area contributed by atoms with Crippen LogP contribution in [0.4, 0.5) is 5.69 Å². The average Bonchev–Trinajstić information content (AvgIpc) is 2.46. The van der Waals surface area contributed by atoms with Crippen LogP contribution >= 0.6 is 0 Å². The Labute approximate surface area is 117 Å². The minimum Gasteiger partial charge on any atom is -0.338 e. The van der Waals surface area contributed by atoms with Crippen LogP contribution in [0.1, 0.15) is 28.8 Å². The fourth-order valence-corrected chi connectivity index (χ4v) is 2.61. The number of likely N-dealkylation sites (tertiary alicyclic amines) is 1. The van der Waals surface area contributed by atoms with Gasteiger partial charge in [0.2, 0.25) is 0 Å². The summed E-state index contributed by atoms with van der Waals surface area (Å²) in [6, 6.07) is 4.37. The normalized spacial score (nSPS) is 18.9. The molecule has 1 aromatic carbocycles. The number of piperidine rings is 1. The number of nitro groups is 1. The van der Waals surface area contributed by atoms with Crippen LogP contribution in [0.25, 0.3) is 0 Å². The molecule has 1 aliphatic rings. The van der Waals surface area contributed by atoms with E-state index in [1.165, 1.54) is 12.1 Å². The number of benzene rings is 1. The maximum absolute atomic E-state index is 12.5. The third-order valence-electron chi connectivity index (χ3n) is 3.79. The quantitative estimate of drug-likeness (QED) is 0.672. The lowest BCUT2D eigenvalue weighted by atomic mass is 9.97. The average molecular weight is 277 g/mol. The molecule has 0 saturated carbocycles. The molecule has 0 aliphatic carbocycles. The summed E-state index contributed by atoms with van der Waals surface area (Å²) >= 11 is 0. The molecule has 0 radical (unpaired) electrons. The Balaban J connectivity index is 2.18. The summed E-state index contributed by atoms with van der Waals surface area (Å²) < 4.78 is 0. The van der Waals surface area contributed by atoms with Gasteiger partial charge in [-0.25, -0.2) is 0 Å². The van der Waals surface area contributed by atoms with Gasteiger partial charge in [0, 0.05) is 30.8 Å². The number of non-ortho nitro benzene ring substituents is 1. The Morgan fingerprint density at radius 1 is 1.55 bits per heavy atom. The highest BCUT2D eigenvalue weighted by Crippen LogP contribution is 2.22. The number of nitro benzene ring substituents is 1. The van der Waals surface area contributed by atoms with Crippen LogP contribution in [0.15, 0.2) is 18.2 Å². The smallest absolute Gasteiger partial charge is 0.269 e. The molecule has 1 atom stereocenters. The summed E-state index contributed by atoms with van der Waals surface area (Å²) in [5, 5.41) is 10.7. The molecule has 1 aromatic rings. The highest BCUT2D eigenvalue weighted by molar-refractivity contribution is 5.96. The highest BCUT2D eigenvalue weighted by Gasteiger charge is 2.25. The Morgan fingerprint density at radius 2 is 2.30 bits per heavy atom. The van der Waals surface area contributed by atoms with Gasteiger partial charge in [-0.1, -0.05) is 0 Å². The van der Waals surface area contributed by atoms with Crippen molar-refractivity contribution in [1.82, 2.24) is 4.90 Å². The predicted octanol–water partition coefficient (Wildman–Crippen LogP) is 1.71. The highest BCUT2D eigenvalue weighted by atomic mass is 16.6. The van der Waals surface area contributed by atoms with Gasteiger partial charge < -0.3 is 10.6 Å². The van der Waals surface area contributed by atoms with Crippen molar-refractivity contribution in [2.75, 3.05) is 19.6 Å². The molecule has 20 heavy (non-hydrogen) atoms. The molecule has 0 spiro atoms. The van der Waals surface area contributed by atoms with E-state index in [0.29, 0.717) is 30.1 Å². The number of hydrogen-bond acceptors (Lipinski definition) is 4. The summed E-state index contributed by atoms with van der Waals surface area (Å²) in [6.07, 6.45) is 2.01. The SMILES string of the molecule is Cc1cc([N+](=O)[O-])ccc1C(=O)N1CCCC(CN)C1. The lowest BCUT2D eigenvalue weighted by molar-refractivity contribution is -0.384. The molecule has 6 heteroatoms. The summed E-state index contributed by atoms with van der Waals surface area (Å²) in [7, 11) is 0. The second-order valence-electron chi connectivity index (χ2n) is 5.25. The van der Waals surface area contributed by atoms with E-state index in [0.717, 1.165) is 19.4 Å². The first-order valence-corrected chi connectivity index (χ1v) is 6.77. The van der Waals surface area contributed by atoms with Crippen LogP contribution in [0.2, 0.25) is 0 Å². The molecule has 0 bridgehead atoms. The maximum Gasteiger partial charge on any atom is 0.269 e. The van der Waals surface area contributed by atoms with Gasteiger partial charge in [-0.3, -0.25) is 14.9 Å². The van der Waals surface area contributed by atoms with Gasteiger partial charge in [-0.2, -0.15) is 0 Å². The van der Waals surface area contributed by atoms with Crippen LogP contribution in [0.5, 0.6) is 0 Å². The van der Waals surface area contributed by atoms with Gasteiger partial charge in [-0.05, 0) is 43.9 Å². The van der Waals surface area contributed by atoms with E-state index in [2.05, 4.69) is 0 Å². The number of carbonyl (C=O) groups excluding carboxylic acids is 1. The predicted molar refractivity (Wildman–Crippen MR) is 75.5 cm³/mol. The first-order valence-electron chi connectivity index (χ1n) is 6.77. The molecule has 1 saturated heterocycles. The molecular formula is C14H19N3O3. The van der Waals surface area contributed by atoms with Crippen LogP contribution in [0, 0.1) is 23.0 Å². The van der Waals surface area contributed by atoms with E-state index >= 15 is 0 Å². The first kappa shape index (κ1) is 14.5. The summed E-state index contributed by atoms with van der Waals surface area (Å²) in [5.74, 6) is 0.293. The van der Waals surface area contributed by atoms with Crippen molar-refractivity contribution in [2.45, 2.75) is 19.8 Å². The molecule has 1 heterocycles. The van der Waals surface area contributed by atoms with E-state index in [1.807, 2.05) is 0 Å². The van der Waals surface area contributed by atoms with Crippen molar-refractivity contribution in [2.24, 2.45) is 11.7 Å². The molecule has 1 unspecified atom stereocenters. The van der Waals surface area contributed by atoms with Crippen molar-refractivity contribution in [3.05, 3.63) is 39.4 Å². The molecular weight excluding hydrogens is 258 g/mol. The largest absolute Gasteiger partial charge is 0.338 e. The van der Waals surface area contributed by atoms with Crippen LogP contribution in [-0.2, 0) is 0 Å². The number of rotatable bonds is 3. The van der Waals surface area contributed by atoms with Gasteiger partial charge in [0.1, 0.15) is 0 Å². The summed E-state index contributed by atoms with van der Waals surface area (Å²) in [4.78, 5) is 24.5. The van der Waals surface area contributed by atoms with E-state index < -0.39 is 4.92 Å². The monoisotopic (exact) mass is 277 g/mol. The van der Waals surface area contributed by atoms with Gasteiger partial charge >= 0.3 is 0 Å². The van der Waals surface area contributed by atoms with E-state index in [-0.39, 0.29) is 11.6 Å². The minimum absolute atomic E-state index is 0.0116. The molecule has 0 aromatic heterocycles. The molecule has 2 rings (SSSR count). The van der Waals surface area contributed by atoms with Crippen LogP contribution in [0.3, 0.4) is 0 Å². The number of carbonyl (C=O) groups is 1. The van der Waals surface area contributed by atoms with Crippen LogP contribution in [-0.4, -0.2) is 35.4 Å². The number of hydrogen-bond donors (Lipinski definition) is 1. The zero-order valence-corrected chi connectivity index (χ0v) is 11.5. The minimum atomic E-state index is -0.452. The van der Waals surface area contributed by atoms with Crippen molar-refractivity contribution < 1.29 is 9.72 Å². The van der Waals surface area contributed by atoms with Gasteiger partial charge in [0.25, 0.3) is 11.6 Å². The second-order valence-corrected chi connectivity index (χ2v) is 5.25. The zero-order valence-electron chi connectivity index (χ0n) is 11.5. The Bertz CT molecular complexity index is 530. The Morgan fingerprint density at radius 3 is 2.90 bits per heavy atom. The lowest BCUT2D eigenvalue weighted by Gasteiger charge is -2.32. The molecule has 1 fully saturated rings. The number of nitrogens with two attached hydrogens (primary N) is 1. The van der Waals surface area contributed by atoms with Crippen molar-refractivity contribution in [3.63, 3.8) is 0 Å². The fourth-order valence-electron chi connectivity index (χ4n) is 2.61. The van der Waals surface area contributed by atoms with E-state index in [4.69, 9.17) is 5.73 Å². The molecule has 6 nitrogen and oxygen atoms in total. The molecule has 1 aliphatic heterocycles. The second kappa shape index (κ2) is 6.00. The first-order chi connectivity index (χ1) is 9.52. The third-order valence-corrected chi connectivity index (χ3v) is 3.79. The number of amides is 1. The van der Waals surface area contributed by atoms with Crippen LogP contribution < -0.4 is 5.73 Å². The Hall–Kier alpha value is -1.95. The number of aryl methyl sites for hydroxylation is 1. The molecule has 2 N–H and O–H groups in total. The lowest BCUT2D eigenvalue weighted by Crippen LogP contribution is -2.42. The summed E-state index contributed by atoms with van der Waals surface area (Å²) in [6.45, 7) is 3.71. The Kier molecular flexibility index (Phi) is 4.34. The van der Waals surface area contributed by atoms with Gasteiger partial charge in [0.15, 0.2) is 0 Å². The fraction of sp³-hybridized carbons (Fsp3) is 0.500. The molecule has 1 amide bonds. The number of nitrogens with zero attached hydrogens (tertiary/aromatic N) is 2. The standard InChI is InChI=1S/C14H19N3O3/c1-10-7-12(17(19)20)4-5-13(10)14(18)16-6-2-3-11(8-15)9-16/h4-5,7,11H,2-3,6,8-9,15H2,1H3. The van der Waals surface area contributed by atoms with E-state index in [9.17, 15) is 14.9 Å². The van der Waals surface area contributed by atoms with Gasteiger partial charge in [-0.15, -0.1) is 0 Å². The van der Waals surface area contributed by atoms with E-state index in [1.54, 1.807) is 17.9 Å². The summed E-state index contributed by atoms with van der Waals surface area (Å²) in [5.41, 5.74) is 6.86. The zero-order chi connectivity index (χ0) is 14.7. The van der Waals surface area contributed by atoms with Crippen molar-refractivity contribution >= 4 is 11.6 Å².